The Kier molecular flexibility index (Phi) is 3.67. The van der Waals surface area contributed by atoms with Crippen molar-refractivity contribution in [1.82, 2.24) is 4.90 Å². The van der Waals surface area contributed by atoms with E-state index in [-0.39, 0.29) is 16.7 Å². The van der Waals surface area contributed by atoms with Gasteiger partial charge in [-0.3, -0.25) is 15.0 Å². The number of fused-ring (bicyclic) bond motifs is 1. The first-order valence-corrected chi connectivity index (χ1v) is 7.25. The highest BCUT2D eigenvalue weighted by molar-refractivity contribution is 6.30. The maximum atomic E-state index is 11.1. The fourth-order valence-corrected chi connectivity index (χ4v) is 3.71. The standard InChI is InChI=1S/C14H17ClN2O3/c15-11-3-1-10(13(5-11)17(19)20)7-16-6-9-2-4-14(18)12(9)8-16/h1,3,5,9,12,14,18H,2,4,6-8H2. The van der Waals surface area contributed by atoms with Gasteiger partial charge < -0.3 is 5.11 Å². The van der Waals surface area contributed by atoms with Crippen LogP contribution in [0.2, 0.25) is 5.02 Å². The topological polar surface area (TPSA) is 66.6 Å². The van der Waals surface area contributed by atoms with Crippen LogP contribution in [0.3, 0.4) is 0 Å². The number of aliphatic hydroxyl groups is 1. The molecule has 0 spiro atoms. The van der Waals surface area contributed by atoms with Gasteiger partial charge in [0.1, 0.15) is 0 Å². The molecule has 3 unspecified atom stereocenters. The summed E-state index contributed by atoms with van der Waals surface area (Å²) < 4.78 is 0. The van der Waals surface area contributed by atoms with Crippen LogP contribution < -0.4 is 0 Å². The first-order valence-electron chi connectivity index (χ1n) is 6.88. The van der Waals surface area contributed by atoms with E-state index in [9.17, 15) is 15.2 Å². The molecule has 5 nitrogen and oxygen atoms in total. The van der Waals surface area contributed by atoms with Crippen LogP contribution in [0, 0.1) is 22.0 Å². The molecule has 2 aliphatic rings. The van der Waals surface area contributed by atoms with Gasteiger partial charge in [-0.15, -0.1) is 0 Å². The maximum absolute atomic E-state index is 11.1. The zero-order valence-corrected chi connectivity index (χ0v) is 11.8. The minimum absolute atomic E-state index is 0.0788. The molecule has 108 valence electrons. The van der Waals surface area contributed by atoms with Gasteiger partial charge in [0.05, 0.1) is 11.0 Å². The van der Waals surface area contributed by atoms with Crippen molar-refractivity contribution in [1.29, 1.82) is 0 Å². The number of nitro benzene ring substituents is 1. The Morgan fingerprint density at radius 1 is 1.40 bits per heavy atom. The molecule has 1 saturated carbocycles. The smallest absolute Gasteiger partial charge is 0.275 e. The van der Waals surface area contributed by atoms with Crippen molar-refractivity contribution in [2.45, 2.75) is 25.5 Å². The molecule has 1 aromatic carbocycles. The lowest BCUT2D eigenvalue weighted by atomic mass is 10.00. The molecule has 1 aromatic rings. The molecule has 20 heavy (non-hydrogen) atoms. The van der Waals surface area contributed by atoms with Crippen LogP contribution in [-0.4, -0.2) is 34.1 Å². The first-order chi connectivity index (χ1) is 9.54. The predicted octanol–water partition coefficient (Wildman–Crippen LogP) is 2.45. The maximum Gasteiger partial charge on any atom is 0.275 e. The van der Waals surface area contributed by atoms with Crippen LogP contribution in [0.15, 0.2) is 18.2 Å². The van der Waals surface area contributed by atoms with E-state index in [2.05, 4.69) is 4.90 Å². The van der Waals surface area contributed by atoms with E-state index in [0.717, 1.165) is 25.9 Å². The molecule has 6 heteroatoms. The minimum Gasteiger partial charge on any atom is -0.393 e. The van der Waals surface area contributed by atoms with Gasteiger partial charge in [-0.2, -0.15) is 0 Å². The molecule has 0 radical (unpaired) electrons. The van der Waals surface area contributed by atoms with Gasteiger partial charge in [-0.25, -0.2) is 0 Å². The average molecular weight is 297 g/mol. The Balaban J connectivity index is 1.74. The van der Waals surface area contributed by atoms with E-state index in [4.69, 9.17) is 11.6 Å². The highest BCUT2D eigenvalue weighted by Gasteiger charge is 2.41. The molecule has 3 atom stereocenters. The lowest BCUT2D eigenvalue weighted by Gasteiger charge is -2.18. The largest absolute Gasteiger partial charge is 0.393 e. The van der Waals surface area contributed by atoms with Crippen molar-refractivity contribution < 1.29 is 10.0 Å². The molecule has 1 aliphatic heterocycles. The molecule has 1 saturated heterocycles. The van der Waals surface area contributed by atoms with Gasteiger partial charge in [-0.05, 0) is 30.9 Å². The third-order valence-corrected chi connectivity index (χ3v) is 4.77. The van der Waals surface area contributed by atoms with Gasteiger partial charge in [0.2, 0.25) is 0 Å². The highest BCUT2D eigenvalue weighted by atomic mass is 35.5. The summed E-state index contributed by atoms with van der Waals surface area (Å²) in [5, 5.41) is 21.4. The van der Waals surface area contributed by atoms with E-state index in [0.29, 0.717) is 29.0 Å². The normalized spacial score (nSPS) is 29.6. The summed E-state index contributed by atoms with van der Waals surface area (Å²) in [6.07, 6.45) is 1.75. The number of aliphatic hydroxyl groups excluding tert-OH is 1. The van der Waals surface area contributed by atoms with Crippen molar-refractivity contribution in [2.75, 3.05) is 13.1 Å². The summed E-state index contributed by atoms with van der Waals surface area (Å²) >= 11 is 5.82. The quantitative estimate of drug-likeness (QED) is 0.687. The van der Waals surface area contributed by atoms with Gasteiger partial charge in [-0.1, -0.05) is 11.6 Å². The number of hydrogen-bond donors (Lipinski definition) is 1. The third kappa shape index (κ3) is 2.53. The molecule has 3 rings (SSSR count). The molecule has 1 aliphatic carbocycles. The Morgan fingerprint density at radius 3 is 2.90 bits per heavy atom. The summed E-state index contributed by atoms with van der Waals surface area (Å²) in [4.78, 5) is 12.9. The van der Waals surface area contributed by atoms with Crippen LogP contribution in [-0.2, 0) is 6.54 Å². The zero-order chi connectivity index (χ0) is 14.3. The van der Waals surface area contributed by atoms with E-state index in [1.807, 2.05) is 0 Å². The number of likely N-dealkylation sites (tertiary alicyclic amines) is 1. The lowest BCUT2D eigenvalue weighted by Crippen LogP contribution is -2.24. The average Bonchev–Trinajstić information content (AvgIpc) is 2.94. The van der Waals surface area contributed by atoms with E-state index in [1.165, 1.54) is 6.07 Å². The number of nitro groups is 1. The number of halogens is 1. The summed E-state index contributed by atoms with van der Waals surface area (Å²) in [6, 6.07) is 4.82. The zero-order valence-electron chi connectivity index (χ0n) is 11.0. The number of nitrogens with zero attached hydrogens (tertiary/aromatic N) is 2. The van der Waals surface area contributed by atoms with Crippen molar-refractivity contribution in [3.05, 3.63) is 38.9 Å². The molecule has 2 fully saturated rings. The number of rotatable bonds is 3. The van der Waals surface area contributed by atoms with Crippen molar-refractivity contribution in [3.63, 3.8) is 0 Å². The molecular weight excluding hydrogens is 280 g/mol. The molecular formula is C14H17ClN2O3. The number of benzene rings is 1. The summed E-state index contributed by atoms with van der Waals surface area (Å²) in [5.74, 6) is 0.873. The summed E-state index contributed by atoms with van der Waals surface area (Å²) in [7, 11) is 0. The first kappa shape index (κ1) is 13.8. The summed E-state index contributed by atoms with van der Waals surface area (Å²) in [6.45, 7) is 2.29. The molecule has 0 aromatic heterocycles. The SMILES string of the molecule is O=[N+]([O-])c1cc(Cl)ccc1CN1CC2CCC(O)C2C1. The Bertz CT molecular complexity index is 537. The van der Waals surface area contributed by atoms with E-state index >= 15 is 0 Å². The Labute approximate surface area is 122 Å². The van der Waals surface area contributed by atoms with E-state index in [1.54, 1.807) is 12.1 Å². The minimum atomic E-state index is -0.382. The van der Waals surface area contributed by atoms with E-state index < -0.39 is 0 Å². The Hall–Kier alpha value is -1.17. The number of hydrogen-bond acceptors (Lipinski definition) is 4. The summed E-state index contributed by atoms with van der Waals surface area (Å²) in [5.41, 5.74) is 0.768. The van der Waals surface area contributed by atoms with Crippen molar-refractivity contribution in [2.24, 2.45) is 11.8 Å². The molecule has 1 heterocycles. The second-order valence-electron chi connectivity index (χ2n) is 5.79. The molecule has 1 N–H and O–H groups in total. The second-order valence-corrected chi connectivity index (χ2v) is 6.23. The van der Waals surface area contributed by atoms with Gasteiger partial charge >= 0.3 is 0 Å². The molecule has 0 amide bonds. The Morgan fingerprint density at radius 2 is 2.20 bits per heavy atom. The van der Waals surface area contributed by atoms with Crippen LogP contribution >= 0.6 is 11.6 Å². The highest BCUT2D eigenvalue weighted by Crippen LogP contribution is 2.39. The van der Waals surface area contributed by atoms with Crippen molar-refractivity contribution >= 4 is 17.3 Å². The van der Waals surface area contributed by atoms with Crippen LogP contribution in [0.4, 0.5) is 5.69 Å². The van der Waals surface area contributed by atoms with Crippen LogP contribution in [0.5, 0.6) is 0 Å². The van der Waals surface area contributed by atoms with Crippen LogP contribution in [0.1, 0.15) is 18.4 Å². The fourth-order valence-electron chi connectivity index (χ4n) is 3.54. The van der Waals surface area contributed by atoms with Gasteiger partial charge in [0.25, 0.3) is 5.69 Å². The molecule has 0 bridgehead atoms. The monoisotopic (exact) mass is 296 g/mol. The van der Waals surface area contributed by atoms with Crippen LogP contribution in [0.25, 0.3) is 0 Å². The fraction of sp³-hybridized carbons (Fsp3) is 0.571. The lowest BCUT2D eigenvalue weighted by molar-refractivity contribution is -0.385. The predicted molar refractivity (Wildman–Crippen MR) is 75.6 cm³/mol. The van der Waals surface area contributed by atoms with Gasteiger partial charge in [0.15, 0.2) is 0 Å². The van der Waals surface area contributed by atoms with Crippen molar-refractivity contribution in [3.8, 4) is 0 Å². The van der Waals surface area contributed by atoms with Gasteiger partial charge in [0, 0.05) is 42.2 Å². The third-order valence-electron chi connectivity index (χ3n) is 4.53. The second kappa shape index (κ2) is 5.31.